The molecule has 1 heterocycles. The van der Waals surface area contributed by atoms with Gasteiger partial charge in [0.2, 0.25) is 0 Å². The minimum Gasteiger partial charge on any atom is -0.507 e. The summed E-state index contributed by atoms with van der Waals surface area (Å²) in [6.07, 6.45) is 0. The molecular weight excluding hydrogens is 272 g/mol. The van der Waals surface area contributed by atoms with Crippen LogP contribution in [-0.4, -0.2) is 5.11 Å². The molecule has 1 N–H and O–H groups in total. The van der Waals surface area contributed by atoms with Crippen LogP contribution in [0.3, 0.4) is 0 Å². The summed E-state index contributed by atoms with van der Waals surface area (Å²) in [5, 5.41) is 10.5. The highest BCUT2D eigenvalue weighted by atomic mass is 79.9. The summed E-state index contributed by atoms with van der Waals surface area (Å²) in [4.78, 5) is 0. The van der Waals surface area contributed by atoms with Gasteiger partial charge in [0.05, 0.1) is 3.79 Å². The van der Waals surface area contributed by atoms with Crippen LogP contribution in [-0.2, 0) is 5.88 Å². The zero-order chi connectivity index (χ0) is 9.42. The number of hydrogen-bond donors (Lipinski definition) is 1. The van der Waals surface area contributed by atoms with Crippen molar-refractivity contribution in [2.75, 3.05) is 0 Å². The van der Waals surface area contributed by atoms with E-state index < -0.39 is 0 Å². The first-order chi connectivity index (χ1) is 6.20. The van der Waals surface area contributed by atoms with Gasteiger partial charge in [-0.25, -0.2) is 0 Å². The number of thiophene rings is 1. The summed E-state index contributed by atoms with van der Waals surface area (Å²) in [5.74, 6) is 0.731. The molecule has 0 bridgehead atoms. The number of phenols is 1. The van der Waals surface area contributed by atoms with Crippen LogP contribution >= 0.6 is 38.9 Å². The van der Waals surface area contributed by atoms with Gasteiger partial charge < -0.3 is 5.11 Å². The monoisotopic (exact) mass is 276 g/mol. The predicted molar refractivity (Wildman–Crippen MR) is 60.7 cm³/mol. The van der Waals surface area contributed by atoms with E-state index in [0.717, 1.165) is 19.4 Å². The largest absolute Gasteiger partial charge is 0.507 e. The van der Waals surface area contributed by atoms with E-state index in [1.165, 1.54) is 0 Å². The van der Waals surface area contributed by atoms with Gasteiger partial charge in [-0.1, -0.05) is 0 Å². The van der Waals surface area contributed by atoms with Gasteiger partial charge >= 0.3 is 0 Å². The highest BCUT2D eigenvalue weighted by Gasteiger charge is 2.05. The van der Waals surface area contributed by atoms with Gasteiger partial charge in [0.25, 0.3) is 0 Å². The fraction of sp³-hybridized carbons (Fsp3) is 0.111. The number of benzene rings is 1. The Labute approximate surface area is 93.1 Å². The molecule has 0 atom stereocenters. The number of alkyl halides is 1. The van der Waals surface area contributed by atoms with E-state index >= 15 is 0 Å². The number of phenolic OH excluding ortho intramolecular Hbond substituents is 1. The summed E-state index contributed by atoms with van der Waals surface area (Å²) in [6.45, 7) is 0. The second-order valence-electron chi connectivity index (χ2n) is 2.71. The van der Waals surface area contributed by atoms with Crippen LogP contribution < -0.4 is 0 Å². The van der Waals surface area contributed by atoms with Gasteiger partial charge in [0, 0.05) is 16.0 Å². The fourth-order valence-electron chi connectivity index (χ4n) is 1.22. The molecule has 0 aliphatic carbocycles. The lowest BCUT2D eigenvalue weighted by atomic mass is 10.2. The van der Waals surface area contributed by atoms with E-state index in [1.807, 2.05) is 12.1 Å². The minimum atomic E-state index is 0.301. The van der Waals surface area contributed by atoms with Gasteiger partial charge in [-0.3, -0.25) is 0 Å². The summed E-state index contributed by atoms with van der Waals surface area (Å²) in [7, 11) is 0. The van der Waals surface area contributed by atoms with E-state index in [1.54, 1.807) is 17.4 Å². The van der Waals surface area contributed by atoms with E-state index in [-0.39, 0.29) is 0 Å². The zero-order valence-electron chi connectivity index (χ0n) is 6.55. The maximum Gasteiger partial charge on any atom is 0.124 e. The molecule has 2 rings (SSSR count). The van der Waals surface area contributed by atoms with Crippen LogP contribution in [0.15, 0.2) is 22.0 Å². The first kappa shape index (κ1) is 9.31. The summed E-state index contributed by atoms with van der Waals surface area (Å²) >= 11 is 10.7. The molecule has 1 nitrogen and oxygen atoms in total. The summed E-state index contributed by atoms with van der Waals surface area (Å²) in [6, 6.07) is 5.61. The number of fused-ring (bicyclic) bond motifs is 1. The first-order valence-corrected chi connectivity index (χ1v) is 5.82. The van der Waals surface area contributed by atoms with Crippen molar-refractivity contribution in [2.45, 2.75) is 5.88 Å². The first-order valence-electron chi connectivity index (χ1n) is 3.67. The lowest BCUT2D eigenvalue weighted by Crippen LogP contribution is -1.76. The van der Waals surface area contributed by atoms with Gasteiger partial charge in [0.1, 0.15) is 5.75 Å². The lowest BCUT2D eigenvalue weighted by Gasteiger charge is -1.98. The normalized spacial score (nSPS) is 10.9. The van der Waals surface area contributed by atoms with Gasteiger partial charge in [0.15, 0.2) is 0 Å². The Kier molecular flexibility index (Phi) is 2.49. The second kappa shape index (κ2) is 3.48. The Morgan fingerprint density at radius 3 is 2.85 bits per heavy atom. The third-order valence-electron chi connectivity index (χ3n) is 1.80. The third kappa shape index (κ3) is 1.68. The molecular formula is C9H6BrClOS. The summed E-state index contributed by atoms with van der Waals surface area (Å²) < 4.78 is 2.08. The van der Waals surface area contributed by atoms with E-state index in [4.69, 9.17) is 11.6 Å². The minimum absolute atomic E-state index is 0.301. The Morgan fingerprint density at radius 1 is 1.38 bits per heavy atom. The van der Waals surface area contributed by atoms with Crippen molar-refractivity contribution in [1.29, 1.82) is 0 Å². The Bertz CT molecular complexity index is 452. The second-order valence-corrected chi connectivity index (χ2v) is 5.44. The van der Waals surface area contributed by atoms with E-state index in [0.29, 0.717) is 11.6 Å². The Balaban J connectivity index is 2.75. The van der Waals surface area contributed by atoms with E-state index in [9.17, 15) is 5.11 Å². The molecule has 0 radical (unpaired) electrons. The molecule has 0 fully saturated rings. The van der Waals surface area contributed by atoms with Crippen molar-refractivity contribution in [2.24, 2.45) is 0 Å². The molecule has 1 aromatic heterocycles. The van der Waals surface area contributed by atoms with Crippen LogP contribution in [0.5, 0.6) is 5.75 Å². The zero-order valence-corrected chi connectivity index (χ0v) is 9.71. The van der Waals surface area contributed by atoms with Crippen molar-refractivity contribution in [3.05, 3.63) is 27.5 Å². The van der Waals surface area contributed by atoms with Crippen molar-refractivity contribution in [3.63, 3.8) is 0 Å². The Morgan fingerprint density at radius 2 is 2.15 bits per heavy atom. The molecule has 0 spiro atoms. The molecule has 2 aromatic rings. The van der Waals surface area contributed by atoms with E-state index in [2.05, 4.69) is 15.9 Å². The molecule has 0 amide bonds. The molecule has 0 unspecified atom stereocenters. The molecule has 68 valence electrons. The molecule has 13 heavy (non-hydrogen) atoms. The number of aromatic hydroxyl groups is 1. The van der Waals surface area contributed by atoms with Crippen LogP contribution in [0, 0.1) is 0 Å². The lowest BCUT2D eigenvalue weighted by molar-refractivity contribution is 0.481. The van der Waals surface area contributed by atoms with Gasteiger partial charge in [-0.15, -0.1) is 22.9 Å². The maximum absolute atomic E-state index is 9.62. The average molecular weight is 278 g/mol. The highest BCUT2D eigenvalue weighted by Crippen LogP contribution is 2.36. The van der Waals surface area contributed by atoms with Crippen molar-refractivity contribution >= 4 is 49.0 Å². The molecule has 0 aliphatic heterocycles. The smallest absolute Gasteiger partial charge is 0.124 e. The third-order valence-corrected chi connectivity index (χ3v) is 3.69. The summed E-state index contributed by atoms with van der Waals surface area (Å²) in [5.41, 5.74) is 0.945. The number of halogens is 2. The van der Waals surface area contributed by atoms with Crippen LogP contribution in [0.25, 0.3) is 10.1 Å². The molecule has 1 aromatic carbocycles. The standard InChI is InChI=1S/C9H6BrClOS/c10-9-3-6-7(12)1-5(4-11)2-8(6)13-9/h1-3,12H,4H2. The number of rotatable bonds is 1. The van der Waals surface area contributed by atoms with Crippen LogP contribution in [0.1, 0.15) is 5.56 Å². The van der Waals surface area contributed by atoms with Gasteiger partial charge in [-0.05, 0) is 39.7 Å². The SMILES string of the molecule is Oc1cc(CCl)cc2sc(Br)cc12. The highest BCUT2D eigenvalue weighted by molar-refractivity contribution is 9.11. The van der Waals surface area contributed by atoms with Crippen molar-refractivity contribution in [3.8, 4) is 5.75 Å². The number of hydrogen-bond acceptors (Lipinski definition) is 2. The average Bonchev–Trinajstić information content (AvgIpc) is 2.46. The van der Waals surface area contributed by atoms with Gasteiger partial charge in [-0.2, -0.15) is 0 Å². The topological polar surface area (TPSA) is 20.2 Å². The molecule has 4 heteroatoms. The maximum atomic E-state index is 9.62. The van der Waals surface area contributed by atoms with Crippen molar-refractivity contribution < 1.29 is 5.11 Å². The fourth-order valence-corrected chi connectivity index (χ4v) is 3.00. The predicted octanol–water partition coefficient (Wildman–Crippen LogP) is 4.11. The van der Waals surface area contributed by atoms with Crippen LogP contribution in [0.2, 0.25) is 0 Å². The Hall–Kier alpha value is -0.250. The molecule has 0 saturated heterocycles. The molecule has 0 saturated carbocycles. The quantitative estimate of drug-likeness (QED) is 0.778. The van der Waals surface area contributed by atoms with Crippen LogP contribution in [0.4, 0.5) is 0 Å². The molecule has 0 aliphatic rings. The van der Waals surface area contributed by atoms with Crippen molar-refractivity contribution in [1.82, 2.24) is 0 Å².